The summed E-state index contributed by atoms with van der Waals surface area (Å²) in [7, 11) is 0. The summed E-state index contributed by atoms with van der Waals surface area (Å²) >= 11 is 0. The number of anilines is 3. The van der Waals surface area contributed by atoms with Crippen LogP contribution in [0.3, 0.4) is 0 Å². The fourth-order valence-electron chi connectivity index (χ4n) is 12.2. The molecule has 0 spiro atoms. The van der Waals surface area contributed by atoms with Gasteiger partial charge in [0.1, 0.15) is 0 Å². The molecule has 13 rings (SSSR count). The van der Waals surface area contributed by atoms with Crippen LogP contribution in [-0.4, -0.2) is 0 Å². The predicted octanol–water partition coefficient (Wildman–Crippen LogP) is 18.0. The SMILES string of the molecule is CC1(c2ccccc2)c2ccccc2-c2ccc(N(c3ccccc3-c3cccc4c3-c3ccccc3C4(C)c3ccccc3)c3ccccc3-c3cccc4cccc(-c5ccccc5)c34)cc21. The summed E-state index contributed by atoms with van der Waals surface area (Å²) in [6, 6.07) is 96.8. The van der Waals surface area contributed by atoms with Crippen molar-refractivity contribution in [3.8, 4) is 55.6 Å². The highest BCUT2D eigenvalue weighted by atomic mass is 15.1. The van der Waals surface area contributed by atoms with Crippen LogP contribution in [0.4, 0.5) is 17.1 Å². The number of para-hydroxylation sites is 2. The minimum absolute atomic E-state index is 0.327. The molecular formula is C68H49N. The lowest BCUT2D eigenvalue weighted by Gasteiger charge is -2.33. The summed E-state index contributed by atoms with van der Waals surface area (Å²) in [6.07, 6.45) is 0. The number of hydrogen-bond donors (Lipinski definition) is 0. The molecular weight excluding hydrogens is 831 g/mol. The van der Waals surface area contributed by atoms with Crippen molar-refractivity contribution >= 4 is 27.8 Å². The highest BCUT2D eigenvalue weighted by Crippen LogP contribution is 2.58. The Kier molecular flexibility index (Phi) is 9.49. The van der Waals surface area contributed by atoms with Crippen LogP contribution in [-0.2, 0) is 10.8 Å². The van der Waals surface area contributed by atoms with Crippen LogP contribution < -0.4 is 4.90 Å². The molecule has 0 amide bonds. The Hall–Kier alpha value is -8.52. The van der Waals surface area contributed by atoms with E-state index in [0.717, 1.165) is 22.6 Å². The van der Waals surface area contributed by atoms with Crippen LogP contribution in [0.25, 0.3) is 66.4 Å². The first-order valence-corrected chi connectivity index (χ1v) is 24.2. The summed E-state index contributed by atoms with van der Waals surface area (Å²) in [5.41, 5.74) is 22.8. The zero-order valence-corrected chi connectivity index (χ0v) is 38.8. The van der Waals surface area contributed by atoms with Crippen molar-refractivity contribution in [2.75, 3.05) is 4.90 Å². The van der Waals surface area contributed by atoms with Crippen LogP contribution in [0, 0.1) is 0 Å². The van der Waals surface area contributed by atoms with Crippen LogP contribution in [0.15, 0.2) is 261 Å². The molecule has 0 fully saturated rings. The summed E-state index contributed by atoms with van der Waals surface area (Å²) < 4.78 is 0. The van der Waals surface area contributed by atoms with Crippen molar-refractivity contribution in [1.82, 2.24) is 0 Å². The van der Waals surface area contributed by atoms with E-state index in [9.17, 15) is 0 Å². The fourth-order valence-corrected chi connectivity index (χ4v) is 12.2. The first-order chi connectivity index (χ1) is 34.0. The molecule has 0 aliphatic heterocycles. The summed E-state index contributed by atoms with van der Waals surface area (Å²) in [5, 5.41) is 2.45. The van der Waals surface area contributed by atoms with Gasteiger partial charge in [0.15, 0.2) is 0 Å². The molecule has 2 unspecified atom stereocenters. The average Bonchev–Trinajstić information content (AvgIpc) is 3.85. The Morgan fingerprint density at radius 3 is 1.38 bits per heavy atom. The van der Waals surface area contributed by atoms with E-state index in [1.54, 1.807) is 0 Å². The molecule has 11 aromatic carbocycles. The third kappa shape index (κ3) is 6.17. The smallest absolute Gasteiger partial charge is 0.0540 e. The molecule has 69 heavy (non-hydrogen) atoms. The highest BCUT2D eigenvalue weighted by molar-refractivity contribution is 6.09. The average molecular weight is 880 g/mol. The topological polar surface area (TPSA) is 3.24 Å². The second kappa shape index (κ2) is 16.1. The minimum Gasteiger partial charge on any atom is -0.309 e. The second-order valence-electron chi connectivity index (χ2n) is 19.0. The number of benzene rings is 11. The van der Waals surface area contributed by atoms with E-state index in [1.165, 1.54) is 94.2 Å². The molecule has 326 valence electrons. The lowest BCUT2D eigenvalue weighted by molar-refractivity contribution is 0.714. The van der Waals surface area contributed by atoms with E-state index in [1.807, 2.05) is 0 Å². The largest absolute Gasteiger partial charge is 0.309 e. The summed E-state index contributed by atoms with van der Waals surface area (Å²) in [4.78, 5) is 2.56. The Labute approximate surface area is 405 Å². The van der Waals surface area contributed by atoms with Crippen molar-refractivity contribution in [1.29, 1.82) is 0 Å². The molecule has 0 bridgehead atoms. The van der Waals surface area contributed by atoms with E-state index in [0.29, 0.717) is 0 Å². The maximum atomic E-state index is 2.56. The third-order valence-corrected chi connectivity index (χ3v) is 15.5. The molecule has 2 atom stereocenters. The van der Waals surface area contributed by atoms with E-state index >= 15 is 0 Å². The molecule has 1 heteroatoms. The third-order valence-electron chi connectivity index (χ3n) is 15.5. The van der Waals surface area contributed by atoms with Gasteiger partial charge in [0.25, 0.3) is 0 Å². The van der Waals surface area contributed by atoms with Crippen molar-refractivity contribution < 1.29 is 0 Å². The van der Waals surface area contributed by atoms with Gasteiger partial charge in [-0.25, -0.2) is 0 Å². The molecule has 0 aromatic heterocycles. The predicted molar refractivity (Wildman–Crippen MR) is 290 cm³/mol. The van der Waals surface area contributed by atoms with Gasteiger partial charge in [-0.3, -0.25) is 0 Å². The van der Waals surface area contributed by atoms with Crippen molar-refractivity contribution in [2.45, 2.75) is 24.7 Å². The van der Waals surface area contributed by atoms with Gasteiger partial charge < -0.3 is 4.90 Å². The van der Waals surface area contributed by atoms with Crippen molar-refractivity contribution in [2.24, 2.45) is 0 Å². The molecule has 0 saturated heterocycles. The lowest BCUT2D eigenvalue weighted by atomic mass is 9.74. The quantitative estimate of drug-likeness (QED) is 0.147. The molecule has 0 N–H and O–H groups in total. The normalized spacial score (nSPS) is 16.4. The zero-order valence-electron chi connectivity index (χ0n) is 38.8. The minimum atomic E-state index is -0.375. The number of hydrogen-bond acceptors (Lipinski definition) is 1. The molecule has 0 radical (unpaired) electrons. The number of fused-ring (bicyclic) bond motifs is 7. The van der Waals surface area contributed by atoms with E-state index in [4.69, 9.17) is 0 Å². The van der Waals surface area contributed by atoms with Crippen LogP contribution in [0.2, 0.25) is 0 Å². The lowest BCUT2D eigenvalue weighted by Crippen LogP contribution is -2.23. The van der Waals surface area contributed by atoms with E-state index in [-0.39, 0.29) is 10.8 Å². The molecule has 2 aliphatic carbocycles. The zero-order chi connectivity index (χ0) is 46.1. The second-order valence-corrected chi connectivity index (χ2v) is 19.0. The first kappa shape index (κ1) is 40.7. The summed E-state index contributed by atoms with van der Waals surface area (Å²) in [5.74, 6) is 0. The number of rotatable bonds is 8. The van der Waals surface area contributed by atoms with Gasteiger partial charge in [0.05, 0.1) is 11.4 Å². The standard InChI is InChI=1S/C68H49N/c1-67(48-27-8-4-9-28-48)60-39-17-13-34-58(60)66-57(37-22-40-61(66)67)55-33-15-19-42-64(55)69(50-43-44-53-52-31-12-16-38-59(52)68(2,62(53)45-50)49-29-10-5-11-30-49)63-41-18-14-32-54(63)56-36-21-26-47-25-20-35-51(65(47)56)46-23-6-3-7-24-46/h3-45H,1-2H3. The van der Waals surface area contributed by atoms with Gasteiger partial charge >= 0.3 is 0 Å². The van der Waals surface area contributed by atoms with Gasteiger partial charge in [0, 0.05) is 27.6 Å². The molecule has 11 aromatic rings. The Bertz CT molecular complexity index is 3750. The van der Waals surface area contributed by atoms with Gasteiger partial charge in [-0.15, -0.1) is 0 Å². The monoisotopic (exact) mass is 879 g/mol. The first-order valence-electron chi connectivity index (χ1n) is 24.2. The van der Waals surface area contributed by atoms with Gasteiger partial charge in [-0.2, -0.15) is 0 Å². The summed E-state index contributed by atoms with van der Waals surface area (Å²) in [6.45, 7) is 4.82. The van der Waals surface area contributed by atoms with Crippen molar-refractivity contribution in [3.63, 3.8) is 0 Å². The Balaban J connectivity index is 1.10. The maximum Gasteiger partial charge on any atom is 0.0540 e. The van der Waals surface area contributed by atoms with Crippen LogP contribution >= 0.6 is 0 Å². The molecule has 2 aliphatic rings. The highest BCUT2D eigenvalue weighted by Gasteiger charge is 2.43. The van der Waals surface area contributed by atoms with Gasteiger partial charge in [0.2, 0.25) is 0 Å². The maximum absolute atomic E-state index is 2.56. The Morgan fingerprint density at radius 2 is 0.725 bits per heavy atom. The number of nitrogens with zero attached hydrogens (tertiary/aromatic N) is 1. The van der Waals surface area contributed by atoms with Gasteiger partial charge in [-0.05, 0) is 127 Å². The fraction of sp³-hybridized carbons (Fsp3) is 0.0588. The van der Waals surface area contributed by atoms with E-state index in [2.05, 4.69) is 280 Å². The molecule has 0 heterocycles. The molecule has 0 saturated carbocycles. The van der Waals surface area contributed by atoms with E-state index < -0.39 is 0 Å². The molecule has 1 nitrogen and oxygen atoms in total. The van der Waals surface area contributed by atoms with Crippen LogP contribution in [0.5, 0.6) is 0 Å². The van der Waals surface area contributed by atoms with Gasteiger partial charge in [-0.1, -0.05) is 237 Å². The van der Waals surface area contributed by atoms with Crippen molar-refractivity contribution in [3.05, 3.63) is 294 Å². The van der Waals surface area contributed by atoms with Crippen LogP contribution in [0.1, 0.15) is 47.2 Å². The Morgan fingerprint density at radius 1 is 0.290 bits per heavy atom.